The summed E-state index contributed by atoms with van der Waals surface area (Å²) in [5.74, 6) is -0.901. The van der Waals surface area contributed by atoms with Crippen LogP contribution in [0.15, 0.2) is 29.2 Å². The molecule has 0 atom stereocenters. The Hall–Kier alpha value is -2.26. The topological polar surface area (TPSA) is 83.5 Å². The van der Waals surface area contributed by atoms with Gasteiger partial charge in [0.05, 0.1) is 21.2 Å². The molecule has 0 heterocycles. The summed E-state index contributed by atoms with van der Waals surface area (Å²) in [6.45, 7) is 13.5. The van der Waals surface area contributed by atoms with Crippen molar-refractivity contribution in [2.24, 2.45) is 0 Å². The monoisotopic (exact) mass is 519 g/mol. The van der Waals surface area contributed by atoms with Crippen LogP contribution in [0.4, 0.5) is 18.9 Å². The number of carbonyl (C=O) groups is 1. The molecule has 0 saturated heterocycles. The average molecular weight is 520 g/mol. The Balaban J connectivity index is 2.65. The molecule has 0 unspecified atom stereocenters. The van der Waals surface area contributed by atoms with E-state index in [-0.39, 0.29) is 27.4 Å². The SMILES string of the molecule is CCc1c(C(C)(C)C)cc(C(C)(C)C)c(O)c1C(=O)Nc1ccc(S(=O)(=O)C(F)(F)F)cc1Cl. The van der Waals surface area contributed by atoms with Crippen LogP contribution in [0.5, 0.6) is 5.75 Å². The minimum atomic E-state index is -5.59. The van der Waals surface area contributed by atoms with Gasteiger partial charge in [0.15, 0.2) is 0 Å². The lowest BCUT2D eigenvalue weighted by molar-refractivity contribution is -0.0436. The zero-order valence-electron chi connectivity index (χ0n) is 20.1. The number of alkyl halides is 3. The maximum absolute atomic E-state index is 13.3. The Labute approximate surface area is 203 Å². The van der Waals surface area contributed by atoms with Crippen LogP contribution in [0.2, 0.25) is 5.02 Å². The Morgan fingerprint density at radius 1 is 1.00 bits per heavy atom. The maximum Gasteiger partial charge on any atom is 0.501 e. The molecule has 0 saturated carbocycles. The van der Waals surface area contributed by atoms with Crippen molar-refractivity contribution in [2.75, 3.05) is 5.32 Å². The summed E-state index contributed by atoms with van der Waals surface area (Å²) < 4.78 is 61.8. The number of nitrogens with one attached hydrogen (secondary N) is 1. The highest BCUT2D eigenvalue weighted by Gasteiger charge is 2.47. The average Bonchev–Trinajstić information content (AvgIpc) is 2.65. The number of aromatic hydroxyl groups is 1. The molecule has 2 rings (SSSR count). The third-order valence-corrected chi connectivity index (χ3v) is 7.20. The van der Waals surface area contributed by atoms with Crippen LogP contribution in [0, 0.1) is 0 Å². The van der Waals surface area contributed by atoms with Gasteiger partial charge in [0, 0.05) is 5.56 Å². The molecule has 2 aromatic rings. The number of hydrogen-bond acceptors (Lipinski definition) is 4. The van der Waals surface area contributed by atoms with E-state index in [9.17, 15) is 31.5 Å². The van der Waals surface area contributed by atoms with Crippen LogP contribution in [-0.2, 0) is 27.1 Å². The first-order chi connectivity index (χ1) is 15.2. The fourth-order valence-electron chi connectivity index (χ4n) is 3.65. The van der Waals surface area contributed by atoms with E-state index in [0.717, 1.165) is 17.7 Å². The third kappa shape index (κ3) is 5.35. The van der Waals surface area contributed by atoms with E-state index in [1.807, 2.05) is 54.5 Å². The molecular formula is C24H29ClF3NO4S. The van der Waals surface area contributed by atoms with Crippen molar-refractivity contribution >= 4 is 33.0 Å². The number of phenols is 1. The summed E-state index contributed by atoms with van der Waals surface area (Å²) in [5, 5.41) is 13.2. The van der Waals surface area contributed by atoms with Gasteiger partial charge in [-0.05, 0) is 46.6 Å². The van der Waals surface area contributed by atoms with Gasteiger partial charge in [-0.15, -0.1) is 0 Å². The molecule has 0 bridgehead atoms. The molecule has 34 heavy (non-hydrogen) atoms. The van der Waals surface area contributed by atoms with Crippen LogP contribution in [0.1, 0.15) is 75.5 Å². The van der Waals surface area contributed by atoms with E-state index in [1.54, 1.807) is 0 Å². The molecular weight excluding hydrogens is 491 g/mol. The lowest BCUT2D eigenvalue weighted by Crippen LogP contribution is -2.24. The van der Waals surface area contributed by atoms with Gasteiger partial charge in [0.1, 0.15) is 5.75 Å². The van der Waals surface area contributed by atoms with Crippen molar-refractivity contribution in [2.45, 2.75) is 76.1 Å². The molecule has 2 aromatic carbocycles. The Kier molecular flexibility index (Phi) is 7.47. The minimum absolute atomic E-state index is 0.0444. The first-order valence-electron chi connectivity index (χ1n) is 10.6. The fourth-order valence-corrected chi connectivity index (χ4v) is 4.73. The second-order valence-electron chi connectivity index (χ2n) is 10.1. The normalized spacial score (nSPS) is 13.1. The highest BCUT2D eigenvalue weighted by Crippen LogP contribution is 2.41. The van der Waals surface area contributed by atoms with Crippen molar-refractivity contribution in [3.05, 3.63) is 51.5 Å². The van der Waals surface area contributed by atoms with Crippen LogP contribution in [0.3, 0.4) is 0 Å². The van der Waals surface area contributed by atoms with Gasteiger partial charge in [-0.25, -0.2) is 8.42 Å². The molecule has 0 aliphatic rings. The molecule has 5 nitrogen and oxygen atoms in total. The molecule has 0 radical (unpaired) electrons. The standard InChI is InChI=1S/C24H29ClF3NO4S/c1-8-14-15(22(2,3)4)12-16(23(5,6)7)20(30)19(14)21(31)29-18-10-9-13(11-17(18)25)34(32,33)24(26,27)28/h9-12,30H,8H2,1-7H3,(H,29,31). The second-order valence-corrected chi connectivity index (χ2v) is 12.4. The van der Waals surface area contributed by atoms with E-state index >= 15 is 0 Å². The molecule has 0 fully saturated rings. The van der Waals surface area contributed by atoms with Crippen LogP contribution in [-0.4, -0.2) is 24.9 Å². The molecule has 2 N–H and O–H groups in total. The summed E-state index contributed by atoms with van der Waals surface area (Å²) in [6, 6.07) is 4.23. The Morgan fingerprint density at radius 3 is 1.94 bits per heavy atom. The summed E-state index contributed by atoms with van der Waals surface area (Å²) in [7, 11) is -5.59. The predicted molar refractivity (Wildman–Crippen MR) is 128 cm³/mol. The number of hydrogen-bond donors (Lipinski definition) is 2. The molecule has 0 aliphatic carbocycles. The van der Waals surface area contributed by atoms with Crippen molar-refractivity contribution in [1.29, 1.82) is 0 Å². The van der Waals surface area contributed by atoms with Crippen molar-refractivity contribution < 1.29 is 31.5 Å². The smallest absolute Gasteiger partial charge is 0.501 e. The van der Waals surface area contributed by atoms with Gasteiger partial charge in [0.25, 0.3) is 15.7 Å². The van der Waals surface area contributed by atoms with E-state index in [2.05, 4.69) is 5.32 Å². The van der Waals surface area contributed by atoms with Crippen LogP contribution < -0.4 is 5.32 Å². The number of carbonyl (C=O) groups excluding carboxylic acids is 1. The maximum atomic E-state index is 13.3. The first-order valence-corrected chi connectivity index (χ1v) is 12.4. The van der Waals surface area contributed by atoms with Gasteiger partial charge < -0.3 is 10.4 Å². The van der Waals surface area contributed by atoms with Crippen molar-refractivity contribution in [1.82, 2.24) is 0 Å². The molecule has 188 valence electrons. The quantitative estimate of drug-likeness (QED) is 0.468. The zero-order chi connectivity index (χ0) is 26.4. The Morgan fingerprint density at radius 2 is 1.53 bits per heavy atom. The predicted octanol–water partition coefficient (Wildman–Crippen LogP) is 6.75. The minimum Gasteiger partial charge on any atom is -0.507 e. The van der Waals surface area contributed by atoms with Crippen LogP contribution in [0.25, 0.3) is 0 Å². The number of rotatable bonds is 4. The molecule has 10 heteroatoms. The number of benzene rings is 2. The first kappa shape index (κ1) is 28.0. The summed E-state index contributed by atoms with van der Waals surface area (Å²) in [5.41, 5.74) is -4.30. The lowest BCUT2D eigenvalue weighted by atomic mass is 9.75. The van der Waals surface area contributed by atoms with Crippen LogP contribution >= 0.6 is 11.6 Å². The number of phenolic OH excluding ortho intramolecular Hbond substituents is 1. The largest absolute Gasteiger partial charge is 0.507 e. The summed E-state index contributed by atoms with van der Waals surface area (Å²) in [4.78, 5) is 12.3. The number of sulfone groups is 1. The molecule has 0 aliphatic heterocycles. The fraction of sp³-hybridized carbons (Fsp3) is 0.458. The Bertz CT molecular complexity index is 1220. The van der Waals surface area contributed by atoms with Gasteiger partial charge in [-0.3, -0.25) is 4.79 Å². The molecule has 0 spiro atoms. The van der Waals surface area contributed by atoms with Crippen molar-refractivity contribution in [3.8, 4) is 5.75 Å². The molecule has 1 amide bonds. The van der Waals surface area contributed by atoms with E-state index < -0.39 is 31.6 Å². The lowest BCUT2D eigenvalue weighted by Gasteiger charge is -2.30. The number of anilines is 1. The van der Waals surface area contributed by atoms with Gasteiger partial charge in [-0.1, -0.05) is 66.1 Å². The van der Waals surface area contributed by atoms with Crippen molar-refractivity contribution in [3.63, 3.8) is 0 Å². The summed E-state index contributed by atoms with van der Waals surface area (Å²) in [6.07, 6.45) is 0.434. The number of halogens is 4. The highest BCUT2D eigenvalue weighted by molar-refractivity contribution is 7.92. The van der Waals surface area contributed by atoms with Gasteiger partial charge in [0.2, 0.25) is 0 Å². The van der Waals surface area contributed by atoms with Gasteiger partial charge >= 0.3 is 5.51 Å². The molecule has 0 aromatic heterocycles. The van der Waals surface area contributed by atoms with E-state index in [1.165, 1.54) is 0 Å². The van der Waals surface area contributed by atoms with E-state index in [4.69, 9.17) is 11.6 Å². The third-order valence-electron chi connectivity index (χ3n) is 5.41. The number of amides is 1. The second kappa shape index (κ2) is 9.07. The highest BCUT2D eigenvalue weighted by atomic mass is 35.5. The zero-order valence-corrected chi connectivity index (χ0v) is 21.7. The summed E-state index contributed by atoms with van der Waals surface area (Å²) >= 11 is 6.03. The van der Waals surface area contributed by atoms with Gasteiger partial charge in [-0.2, -0.15) is 13.2 Å². The van der Waals surface area contributed by atoms with E-state index in [0.29, 0.717) is 23.6 Å².